The van der Waals surface area contributed by atoms with Gasteiger partial charge in [-0.2, -0.15) is 5.10 Å². The molecule has 4 aromatic rings. The summed E-state index contributed by atoms with van der Waals surface area (Å²) in [5.41, 5.74) is 2.67. The van der Waals surface area contributed by atoms with Gasteiger partial charge < -0.3 is 14.4 Å². The van der Waals surface area contributed by atoms with Crippen molar-refractivity contribution >= 4 is 28.6 Å². The number of rotatable bonds is 4. The molecule has 0 bridgehead atoms. The molecule has 1 amide bonds. The third-order valence-electron chi connectivity index (χ3n) is 5.90. The number of amides is 1. The average Bonchev–Trinajstić information content (AvgIpc) is 3.32. The van der Waals surface area contributed by atoms with Crippen molar-refractivity contribution in [2.24, 2.45) is 0 Å². The molecule has 9 heteroatoms. The number of para-hydroxylation sites is 1. The zero-order chi connectivity index (χ0) is 25.3. The lowest BCUT2D eigenvalue weighted by Gasteiger charge is -2.28. The Morgan fingerprint density at radius 1 is 1.00 bits per heavy atom. The van der Waals surface area contributed by atoms with E-state index in [2.05, 4.69) is 10.00 Å². The quantitative estimate of drug-likeness (QED) is 0.414. The topological polar surface area (TPSA) is 85.6 Å². The van der Waals surface area contributed by atoms with Crippen molar-refractivity contribution in [3.63, 3.8) is 0 Å². The molecular formula is C27H30N6O3. The summed E-state index contributed by atoms with van der Waals surface area (Å²) in [6.45, 7) is 8.35. The summed E-state index contributed by atoms with van der Waals surface area (Å²) in [6, 6.07) is 17.5. The van der Waals surface area contributed by atoms with E-state index in [0.29, 0.717) is 19.0 Å². The van der Waals surface area contributed by atoms with Gasteiger partial charge >= 0.3 is 6.09 Å². The number of hydrogen-bond acceptors (Lipinski definition) is 7. The highest BCUT2D eigenvalue weighted by Gasteiger charge is 2.23. The molecule has 2 aromatic heterocycles. The lowest BCUT2D eigenvalue weighted by Crippen LogP contribution is -2.37. The molecule has 1 fully saturated rings. The van der Waals surface area contributed by atoms with Crippen LogP contribution in [0.25, 0.3) is 28.1 Å². The molecule has 0 radical (unpaired) electrons. The average molecular weight is 487 g/mol. The molecule has 0 aliphatic carbocycles. The molecule has 0 spiro atoms. The Morgan fingerprint density at radius 2 is 1.69 bits per heavy atom. The number of anilines is 2. The molecule has 1 aliphatic heterocycles. The molecule has 3 heterocycles. The Labute approximate surface area is 210 Å². The van der Waals surface area contributed by atoms with E-state index in [0.717, 1.165) is 46.9 Å². The molecule has 1 saturated heterocycles. The van der Waals surface area contributed by atoms with Gasteiger partial charge in [-0.25, -0.2) is 19.4 Å². The predicted molar refractivity (Wildman–Crippen MR) is 140 cm³/mol. The largest absolute Gasteiger partial charge is 0.443 e. The highest BCUT2D eigenvalue weighted by Crippen LogP contribution is 2.30. The van der Waals surface area contributed by atoms with Crippen molar-refractivity contribution in [2.75, 3.05) is 43.2 Å². The Balaban J connectivity index is 1.54. The van der Waals surface area contributed by atoms with Crippen LogP contribution < -0.4 is 9.80 Å². The van der Waals surface area contributed by atoms with E-state index in [9.17, 15) is 4.79 Å². The highest BCUT2D eigenvalue weighted by atomic mass is 16.6. The van der Waals surface area contributed by atoms with Gasteiger partial charge in [0.25, 0.3) is 0 Å². The number of hydrogen-bond donors (Lipinski definition) is 0. The minimum Gasteiger partial charge on any atom is -0.443 e. The Morgan fingerprint density at radius 3 is 2.36 bits per heavy atom. The van der Waals surface area contributed by atoms with Crippen LogP contribution in [0.1, 0.15) is 20.8 Å². The zero-order valence-corrected chi connectivity index (χ0v) is 21.0. The third-order valence-corrected chi connectivity index (χ3v) is 5.90. The van der Waals surface area contributed by atoms with E-state index in [1.54, 1.807) is 7.05 Å². The molecule has 36 heavy (non-hydrogen) atoms. The van der Waals surface area contributed by atoms with E-state index >= 15 is 0 Å². The van der Waals surface area contributed by atoms with E-state index in [-0.39, 0.29) is 0 Å². The van der Waals surface area contributed by atoms with Crippen molar-refractivity contribution in [3.05, 3.63) is 60.8 Å². The van der Waals surface area contributed by atoms with Crippen LogP contribution in [0, 0.1) is 0 Å². The Hall–Kier alpha value is -3.98. The summed E-state index contributed by atoms with van der Waals surface area (Å²) >= 11 is 0. The molecule has 2 aromatic carbocycles. The molecule has 0 unspecified atom stereocenters. The monoisotopic (exact) mass is 486 g/mol. The van der Waals surface area contributed by atoms with Crippen molar-refractivity contribution in [1.29, 1.82) is 0 Å². The summed E-state index contributed by atoms with van der Waals surface area (Å²) in [5.74, 6) is 1.43. The van der Waals surface area contributed by atoms with Gasteiger partial charge in [-0.1, -0.05) is 18.2 Å². The molecule has 0 atom stereocenters. The molecule has 1 aliphatic rings. The molecular weight excluding hydrogens is 456 g/mol. The van der Waals surface area contributed by atoms with Crippen LogP contribution in [0.5, 0.6) is 0 Å². The van der Waals surface area contributed by atoms with Crippen LogP contribution in [0.15, 0.2) is 60.8 Å². The lowest BCUT2D eigenvalue weighted by atomic mass is 10.1. The maximum absolute atomic E-state index is 12.5. The smallest absolute Gasteiger partial charge is 0.414 e. The fraction of sp³-hybridized carbons (Fsp3) is 0.333. The van der Waals surface area contributed by atoms with Crippen molar-refractivity contribution < 1.29 is 14.3 Å². The standard InChI is InChI=1S/C27H30N6O3/c1-27(2,3)36-26(34)31(4)20-12-10-19(11-13-20)23-29-24(32-14-16-35-17-15-32)22-18-28-33(25(22)30-23)21-8-6-5-7-9-21/h5-13,18H,14-17H2,1-4H3. The maximum Gasteiger partial charge on any atom is 0.414 e. The van der Waals surface area contributed by atoms with E-state index in [1.807, 2.05) is 86.2 Å². The second-order valence-corrected chi connectivity index (χ2v) is 9.69. The van der Waals surface area contributed by atoms with Gasteiger partial charge in [-0.3, -0.25) is 4.90 Å². The number of aromatic nitrogens is 4. The third kappa shape index (κ3) is 4.87. The van der Waals surface area contributed by atoms with Gasteiger partial charge in [0.2, 0.25) is 0 Å². The number of carbonyl (C=O) groups is 1. The van der Waals surface area contributed by atoms with Gasteiger partial charge in [-0.05, 0) is 57.2 Å². The summed E-state index contributed by atoms with van der Waals surface area (Å²) in [5, 5.41) is 5.53. The fourth-order valence-corrected chi connectivity index (χ4v) is 4.07. The van der Waals surface area contributed by atoms with Gasteiger partial charge in [0.15, 0.2) is 11.5 Å². The second kappa shape index (κ2) is 9.58. The van der Waals surface area contributed by atoms with Gasteiger partial charge in [0.1, 0.15) is 11.4 Å². The molecule has 0 saturated carbocycles. The van der Waals surface area contributed by atoms with Crippen molar-refractivity contribution in [1.82, 2.24) is 19.7 Å². The van der Waals surface area contributed by atoms with Crippen LogP contribution in [-0.4, -0.2) is 64.8 Å². The Bertz CT molecular complexity index is 1360. The van der Waals surface area contributed by atoms with Gasteiger partial charge in [-0.15, -0.1) is 0 Å². The minimum absolute atomic E-state index is 0.408. The first kappa shape index (κ1) is 23.7. The van der Waals surface area contributed by atoms with Crippen LogP contribution in [0.2, 0.25) is 0 Å². The first-order valence-corrected chi connectivity index (χ1v) is 12.0. The summed E-state index contributed by atoms with van der Waals surface area (Å²) in [6.07, 6.45) is 1.42. The molecule has 9 nitrogen and oxygen atoms in total. The number of morpholine rings is 1. The van der Waals surface area contributed by atoms with Gasteiger partial charge in [0.05, 0.1) is 30.5 Å². The fourth-order valence-electron chi connectivity index (χ4n) is 4.07. The van der Waals surface area contributed by atoms with E-state index < -0.39 is 11.7 Å². The zero-order valence-electron chi connectivity index (χ0n) is 21.0. The first-order valence-electron chi connectivity index (χ1n) is 12.0. The Kier molecular flexibility index (Phi) is 6.32. The highest BCUT2D eigenvalue weighted by molar-refractivity contribution is 5.90. The lowest BCUT2D eigenvalue weighted by molar-refractivity contribution is 0.0589. The SMILES string of the molecule is CN(C(=O)OC(C)(C)C)c1ccc(-c2nc(N3CCOCC3)c3cnn(-c4ccccc4)c3n2)cc1. The van der Waals surface area contributed by atoms with Crippen molar-refractivity contribution in [3.8, 4) is 17.1 Å². The predicted octanol–water partition coefficient (Wildman–Crippen LogP) is 4.69. The van der Waals surface area contributed by atoms with Crippen molar-refractivity contribution in [2.45, 2.75) is 26.4 Å². The summed E-state index contributed by atoms with van der Waals surface area (Å²) in [7, 11) is 1.70. The molecule has 0 N–H and O–H groups in total. The number of nitrogens with zero attached hydrogens (tertiary/aromatic N) is 6. The maximum atomic E-state index is 12.5. The summed E-state index contributed by atoms with van der Waals surface area (Å²) in [4.78, 5) is 26.1. The first-order chi connectivity index (χ1) is 17.3. The molecule has 5 rings (SSSR count). The van der Waals surface area contributed by atoms with Crippen LogP contribution in [-0.2, 0) is 9.47 Å². The second-order valence-electron chi connectivity index (χ2n) is 9.69. The van der Waals surface area contributed by atoms with Crippen LogP contribution in [0.3, 0.4) is 0 Å². The van der Waals surface area contributed by atoms with Gasteiger partial charge in [0, 0.05) is 31.4 Å². The van der Waals surface area contributed by atoms with E-state index in [4.69, 9.17) is 19.4 Å². The van der Waals surface area contributed by atoms with E-state index in [1.165, 1.54) is 4.90 Å². The minimum atomic E-state index is -0.563. The number of ether oxygens (including phenoxy) is 2. The van der Waals surface area contributed by atoms with Crippen LogP contribution in [0.4, 0.5) is 16.3 Å². The number of carbonyl (C=O) groups excluding carboxylic acids is 1. The number of fused-ring (bicyclic) bond motifs is 1. The normalized spacial score (nSPS) is 14.2. The number of benzene rings is 2. The molecule has 186 valence electrons. The summed E-state index contributed by atoms with van der Waals surface area (Å²) < 4.78 is 12.9. The van der Waals surface area contributed by atoms with Crippen LogP contribution >= 0.6 is 0 Å².